The number of rotatable bonds is 6. The van der Waals surface area contributed by atoms with Crippen LogP contribution >= 0.6 is 11.3 Å². The van der Waals surface area contributed by atoms with Gasteiger partial charge in [-0.2, -0.15) is 0 Å². The lowest BCUT2D eigenvalue weighted by atomic mass is 10.2. The zero-order chi connectivity index (χ0) is 18.6. The van der Waals surface area contributed by atoms with Crippen molar-refractivity contribution in [3.63, 3.8) is 0 Å². The monoisotopic (exact) mass is 378 g/mol. The molecule has 0 atom stereocenters. The highest BCUT2D eigenvalue weighted by Gasteiger charge is 2.19. The Bertz CT molecular complexity index is 1020. The van der Waals surface area contributed by atoms with Gasteiger partial charge < -0.3 is 9.73 Å². The number of hydrogen-bond acceptors (Lipinski definition) is 5. The van der Waals surface area contributed by atoms with Gasteiger partial charge in [0.2, 0.25) is 5.82 Å². The molecule has 0 unspecified atom stereocenters. The number of carbonyl (C=O) groups is 1. The Morgan fingerprint density at radius 3 is 2.78 bits per heavy atom. The number of aryl methyl sites for hydroxylation is 1. The second-order valence-corrected chi connectivity index (χ2v) is 7.14. The third-order valence-corrected chi connectivity index (χ3v) is 5.04. The highest BCUT2D eigenvalue weighted by molar-refractivity contribution is 7.09. The second kappa shape index (κ2) is 7.59. The quantitative estimate of drug-likeness (QED) is 0.553. The van der Waals surface area contributed by atoms with Gasteiger partial charge in [0.05, 0.1) is 17.5 Å². The zero-order valence-corrected chi connectivity index (χ0v) is 15.6. The van der Waals surface area contributed by atoms with E-state index < -0.39 is 0 Å². The number of nitrogens with one attached hydrogen (secondary N) is 1. The van der Waals surface area contributed by atoms with Gasteiger partial charge in [-0.25, -0.2) is 9.67 Å². The Morgan fingerprint density at radius 2 is 2.07 bits per heavy atom. The van der Waals surface area contributed by atoms with E-state index in [0.717, 1.165) is 23.2 Å². The van der Waals surface area contributed by atoms with Crippen LogP contribution in [0.4, 0.5) is 0 Å². The molecule has 7 heteroatoms. The molecule has 0 bridgehead atoms. The van der Waals surface area contributed by atoms with Crippen LogP contribution in [0.5, 0.6) is 0 Å². The van der Waals surface area contributed by atoms with Crippen LogP contribution in [-0.2, 0) is 6.42 Å². The first-order valence-electron chi connectivity index (χ1n) is 8.58. The first-order valence-corrected chi connectivity index (χ1v) is 9.46. The number of aromatic nitrogens is 3. The summed E-state index contributed by atoms with van der Waals surface area (Å²) in [5.41, 5.74) is 2.75. The van der Waals surface area contributed by atoms with Crippen LogP contribution in [0, 0.1) is 6.92 Å². The molecule has 0 fully saturated rings. The topological polar surface area (TPSA) is 73.0 Å². The molecule has 3 aromatic heterocycles. The minimum absolute atomic E-state index is 0.137. The van der Waals surface area contributed by atoms with E-state index in [4.69, 9.17) is 4.42 Å². The maximum absolute atomic E-state index is 12.5. The molecule has 4 rings (SSSR count). The molecule has 0 saturated carbocycles. The van der Waals surface area contributed by atoms with Gasteiger partial charge in [0.15, 0.2) is 5.82 Å². The van der Waals surface area contributed by atoms with E-state index in [2.05, 4.69) is 21.5 Å². The van der Waals surface area contributed by atoms with Crippen molar-refractivity contribution in [3.05, 3.63) is 76.6 Å². The van der Waals surface area contributed by atoms with E-state index in [1.165, 1.54) is 4.88 Å². The predicted molar refractivity (Wildman–Crippen MR) is 104 cm³/mol. The van der Waals surface area contributed by atoms with Crippen LogP contribution in [0.3, 0.4) is 0 Å². The molecule has 1 aromatic carbocycles. The fraction of sp³-hybridized carbons (Fsp3) is 0.150. The van der Waals surface area contributed by atoms with Crippen molar-refractivity contribution in [2.75, 3.05) is 6.54 Å². The Morgan fingerprint density at radius 1 is 1.22 bits per heavy atom. The van der Waals surface area contributed by atoms with Crippen molar-refractivity contribution < 1.29 is 9.21 Å². The number of hydrogen-bond donors (Lipinski definition) is 1. The standard InChI is InChI=1S/C20H18N4O2S/c1-14-4-6-16(7-5-14)24-19(15-9-11-26-13-15)22-18(23-24)20(25)21-10-8-17-3-2-12-27-17/h2-7,9,11-13H,8,10H2,1H3,(H,21,25). The van der Waals surface area contributed by atoms with Crippen molar-refractivity contribution in [1.82, 2.24) is 20.1 Å². The number of thiophene rings is 1. The second-order valence-electron chi connectivity index (χ2n) is 6.10. The predicted octanol–water partition coefficient (Wildman–Crippen LogP) is 3.87. The fourth-order valence-electron chi connectivity index (χ4n) is 2.69. The largest absolute Gasteiger partial charge is 0.472 e. The molecule has 136 valence electrons. The first kappa shape index (κ1) is 17.2. The molecule has 0 aliphatic carbocycles. The van der Waals surface area contributed by atoms with Gasteiger partial charge in [-0.1, -0.05) is 23.8 Å². The van der Waals surface area contributed by atoms with Crippen LogP contribution in [0.15, 0.2) is 64.8 Å². The van der Waals surface area contributed by atoms with Gasteiger partial charge >= 0.3 is 0 Å². The number of furan rings is 1. The van der Waals surface area contributed by atoms with E-state index >= 15 is 0 Å². The molecule has 3 heterocycles. The zero-order valence-electron chi connectivity index (χ0n) is 14.8. The lowest BCUT2D eigenvalue weighted by molar-refractivity contribution is 0.0944. The van der Waals surface area contributed by atoms with Crippen LogP contribution in [0.1, 0.15) is 21.1 Å². The van der Waals surface area contributed by atoms with Gasteiger partial charge in [-0.05, 0) is 43.0 Å². The normalized spacial score (nSPS) is 10.9. The fourth-order valence-corrected chi connectivity index (χ4v) is 3.39. The smallest absolute Gasteiger partial charge is 0.291 e. The third-order valence-electron chi connectivity index (χ3n) is 4.11. The Labute approximate surface area is 160 Å². The van der Waals surface area contributed by atoms with Crippen molar-refractivity contribution in [2.45, 2.75) is 13.3 Å². The van der Waals surface area contributed by atoms with Gasteiger partial charge in [0.1, 0.15) is 6.26 Å². The van der Waals surface area contributed by atoms with Gasteiger partial charge in [-0.3, -0.25) is 4.79 Å². The average Bonchev–Trinajstić information content (AvgIpc) is 3.43. The lowest BCUT2D eigenvalue weighted by Gasteiger charge is -2.04. The minimum atomic E-state index is -0.290. The number of nitrogens with zero attached hydrogens (tertiary/aromatic N) is 3. The molecule has 27 heavy (non-hydrogen) atoms. The summed E-state index contributed by atoms with van der Waals surface area (Å²) in [6.45, 7) is 2.56. The summed E-state index contributed by atoms with van der Waals surface area (Å²) >= 11 is 1.68. The third kappa shape index (κ3) is 3.83. The Balaban J connectivity index is 1.58. The summed E-state index contributed by atoms with van der Waals surface area (Å²) in [4.78, 5) is 18.2. The van der Waals surface area contributed by atoms with Crippen LogP contribution in [0.25, 0.3) is 17.1 Å². The van der Waals surface area contributed by atoms with E-state index in [1.54, 1.807) is 34.6 Å². The molecule has 4 aromatic rings. The van der Waals surface area contributed by atoms with Crippen LogP contribution in [0.2, 0.25) is 0 Å². The van der Waals surface area contributed by atoms with E-state index in [-0.39, 0.29) is 11.7 Å². The highest BCUT2D eigenvalue weighted by Crippen LogP contribution is 2.22. The molecule has 0 aliphatic heterocycles. The molecule has 0 spiro atoms. The highest BCUT2D eigenvalue weighted by atomic mass is 32.1. The SMILES string of the molecule is Cc1ccc(-n2nc(C(=O)NCCc3cccs3)nc2-c2ccoc2)cc1. The first-order chi connectivity index (χ1) is 13.2. The molecule has 1 N–H and O–H groups in total. The molecule has 0 aliphatic rings. The number of benzene rings is 1. The molecule has 0 saturated heterocycles. The van der Waals surface area contributed by atoms with Crippen molar-refractivity contribution >= 4 is 17.2 Å². The van der Waals surface area contributed by atoms with Gasteiger partial charge in [-0.15, -0.1) is 16.4 Å². The Hall–Kier alpha value is -3.19. The van der Waals surface area contributed by atoms with Gasteiger partial charge in [0, 0.05) is 11.4 Å². The van der Waals surface area contributed by atoms with E-state index in [1.807, 2.05) is 42.6 Å². The van der Waals surface area contributed by atoms with Gasteiger partial charge in [0.25, 0.3) is 5.91 Å². The van der Waals surface area contributed by atoms with Crippen molar-refractivity contribution in [2.24, 2.45) is 0 Å². The summed E-state index contributed by atoms with van der Waals surface area (Å²) in [5.74, 6) is 0.413. The molecule has 0 radical (unpaired) electrons. The van der Waals surface area contributed by atoms with Crippen molar-refractivity contribution in [1.29, 1.82) is 0 Å². The molecule has 1 amide bonds. The summed E-state index contributed by atoms with van der Waals surface area (Å²) < 4.78 is 6.84. The minimum Gasteiger partial charge on any atom is -0.472 e. The number of carbonyl (C=O) groups excluding carboxylic acids is 1. The van der Waals surface area contributed by atoms with Crippen LogP contribution < -0.4 is 5.32 Å². The molecular formula is C20H18N4O2S. The summed E-state index contributed by atoms with van der Waals surface area (Å²) in [7, 11) is 0. The summed E-state index contributed by atoms with van der Waals surface area (Å²) in [6.07, 6.45) is 3.95. The number of amides is 1. The lowest BCUT2D eigenvalue weighted by Crippen LogP contribution is -2.26. The van der Waals surface area contributed by atoms with E-state index in [0.29, 0.717) is 12.4 Å². The average molecular weight is 378 g/mol. The molecular weight excluding hydrogens is 360 g/mol. The summed E-state index contributed by atoms with van der Waals surface area (Å²) in [5, 5.41) is 9.35. The summed E-state index contributed by atoms with van der Waals surface area (Å²) in [6, 6.07) is 13.8. The van der Waals surface area contributed by atoms with Crippen LogP contribution in [-0.4, -0.2) is 27.2 Å². The van der Waals surface area contributed by atoms with E-state index in [9.17, 15) is 4.79 Å². The maximum Gasteiger partial charge on any atom is 0.291 e. The Kier molecular flexibility index (Phi) is 4.84. The molecule has 6 nitrogen and oxygen atoms in total. The van der Waals surface area contributed by atoms with Crippen molar-refractivity contribution in [3.8, 4) is 17.1 Å². The maximum atomic E-state index is 12.5.